The van der Waals surface area contributed by atoms with Gasteiger partial charge in [-0.3, -0.25) is 4.79 Å². The van der Waals surface area contributed by atoms with E-state index in [-0.39, 0.29) is 10.5 Å². The topological polar surface area (TPSA) is 103 Å². The number of benzene rings is 2. The number of hydrogen-bond acceptors (Lipinski definition) is 5. The molecule has 142 valence electrons. The van der Waals surface area contributed by atoms with Gasteiger partial charge in [-0.25, -0.2) is 0 Å². The highest BCUT2D eigenvalue weighted by Gasteiger charge is 2.32. The summed E-state index contributed by atoms with van der Waals surface area (Å²) >= 11 is 0. The van der Waals surface area contributed by atoms with E-state index in [1.54, 1.807) is 36.4 Å². The van der Waals surface area contributed by atoms with Gasteiger partial charge in [-0.15, -0.1) is 4.40 Å². The van der Waals surface area contributed by atoms with Gasteiger partial charge in [-0.05, 0) is 49.2 Å². The van der Waals surface area contributed by atoms with Crippen molar-refractivity contribution < 1.29 is 13.2 Å². The van der Waals surface area contributed by atoms with Crippen LogP contribution in [0.5, 0.6) is 0 Å². The summed E-state index contributed by atoms with van der Waals surface area (Å²) in [5.74, 6) is 0.134. The van der Waals surface area contributed by atoms with Gasteiger partial charge in [0.2, 0.25) is 0 Å². The van der Waals surface area contributed by atoms with Gasteiger partial charge in [0.25, 0.3) is 15.9 Å². The van der Waals surface area contributed by atoms with Crippen LogP contribution < -0.4 is 10.2 Å². The molecule has 0 aliphatic carbocycles. The van der Waals surface area contributed by atoms with Crippen molar-refractivity contribution in [3.05, 3.63) is 53.6 Å². The molecule has 2 aliphatic heterocycles. The lowest BCUT2D eigenvalue weighted by molar-refractivity contribution is 0.102. The number of amidine groups is 1. The van der Waals surface area contributed by atoms with Gasteiger partial charge in [0.05, 0.1) is 17.3 Å². The van der Waals surface area contributed by atoms with Gasteiger partial charge < -0.3 is 10.2 Å². The summed E-state index contributed by atoms with van der Waals surface area (Å²) in [4.78, 5) is 14.6. The summed E-state index contributed by atoms with van der Waals surface area (Å²) in [6.07, 6.45) is 3.56. The number of anilines is 2. The van der Waals surface area contributed by atoms with Crippen LogP contribution in [-0.2, 0) is 10.0 Å². The Morgan fingerprint density at radius 1 is 1.14 bits per heavy atom. The second kappa shape index (κ2) is 7.09. The molecule has 2 aliphatic rings. The van der Waals surface area contributed by atoms with Crippen molar-refractivity contribution in [1.29, 1.82) is 5.26 Å². The Morgan fingerprint density at radius 2 is 2.00 bits per heavy atom. The van der Waals surface area contributed by atoms with Crippen LogP contribution >= 0.6 is 0 Å². The van der Waals surface area contributed by atoms with Gasteiger partial charge in [-0.1, -0.05) is 12.5 Å². The molecule has 1 N–H and O–H groups in total. The minimum Gasteiger partial charge on any atom is -0.328 e. The van der Waals surface area contributed by atoms with E-state index in [4.69, 9.17) is 5.26 Å². The first-order valence-corrected chi connectivity index (χ1v) is 10.5. The minimum absolute atomic E-state index is 0.0524. The zero-order valence-corrected chi connectivity index (χ0v) is 15.9. The Hall–Kier alpha value is -3.18. The summed E-state index contributed by atoms with van der Waals surface area (Å²) in [5.41, 5.74) is 1.69. The number of nitriles is 1. The molecule has 1 amide bonds. The lowest BCUT2D eigenvalue weighted by atomic mass is 10.1. The first kappa shape index (κ1) is 18.2. The third kappa shape index (κ3) is 3.37. The van der Waals surface area contributed by atoms with E-state index < -0.39 is 15.9 Å². The van der Waals surface area contributed by atoms with Crippen LogP contribution in [-0.4, -0.2) is 26.7 Å². The zero-order chi connectivity index (χ0) is 19.7. The lowest BCUT2D eigenvalue weighted by Crippen LogP contribution is -2.35. The van der Waals surface area contributed by atoms with Crippen molar-refractivity contribution in [3.8, 4) is 6.07 Å². The van der Waals surface area contributed by atoms with Crippen LogP contribution in [0.4, 0.5) is 11.4 Å². The SMILES string of the molecule is N#Cc1cccc(NC(=O)c2ccc3c(c2)S(=O)(=O)N=C2CCCCCN23)c1. The number of rotatable bonds is 2. The number of hydrogen-bond donors (Lipinski definition) is 1. The van der Waals surface area contributed by atoms with Crippen LogP contribution in [0.3, 0.4) is 0 Å². The fraction of sp³-hybridized carbons (Fsp3) is 0.250. The molecule has 0 spiro atoms. The predicted octanol–water partition coefficient (Wildman–Crippen LogP) is 3.29. The van der Waals surface area contributed by atoms with Crippen molar-refractivity contribution in [3.63, 3.8) is 0 Å². The molecule has 0 aromatic heterocycles. The first-order valence-electron chi connectivity index (χ1n) is 9.05. The van der Waals surface area contributed by atoms with E-state index in [2.05, 4.69) is 9.71 Å². The highest BCUT2D eigenvalue weighted by atomic mass is 32.2. The Morgan fingerprint density at radius 3 is 2.82 bits per heavy atom. The van der Waals surface area contributed by atoms with E-state index in [1.807, 2.05) is 11.0 Å². The summed E-state index contributed by atoms with van der Waals surface area (Å²) in [6.45, 7) is 0.716. The fourth-order valence-electron chi connectivity index (χ4n) is 3.49. The number of fused-ring (bicyclic) bond motifs is 3. The molecule has 0 bridgehead atoms. The third-order valence-corrected chi connectivity index (χ3v) is 6.19. The number of carbonyl (C=O) groups excluding carboxylic acids is 1. The Labute approximate surface area is 163 Å². The molecule has 0 unspecified atom stereocenters. The second-order valence-electron chi connectivity index (χ2n) is 6.77. The molecular formula is C20H18N4O3S. The first-order chi connectivity index (χ1) is 13.5. The predicted molar refractivity (Wildman–Crippen MR) is 106 cm³/mol. The third-order valence-electron chi connectivity index (χ3n) is 4.86. The lowest BCUT2D eigenvalue weighted by Gasteiger charge is -2.29. The van der Waals surface area contributed by atoms with E-state index in [0.717, 1.165) is 19.3 Å². The maximum Gasteiger partial charge on any atom is 0.286 e. The number of nitrogens with zero attached hydrogens (tertiary/aromatic N) is 3. The zero-order valence-electron chi connectivity index (χ0n) is 15.1. The van der Waals surface area contributed by atoms with Crippen molar-refractivity contribution >= 4 is 33.1 Å². The average Bonchev–Trinajstić information content (AvgIpc) is 2.92. The van der Waals surface area contributed by atoms with Crippen molar-refractivity contribution in [1.82, 2.24) is 0 Å². The Kier molecular flexibility index (Phi) is 4.61. The number of amides is 1. The van der Waals surface area contributed by atoms with Gasteiger partial charge in [0.15, 0.2) is 0 Å². The maximum absolute atomic E-state index is 12.7. The summed E-state index contributed by atoms with van der Waals surface area (Å²) in [5, 5.41) is 11.7. The van der Waals surface area contributed by atoms with E-state index in [0.29, 0.717) is 35.7 Å². The molecular weight excluding hydrogens is 376 g/mol. The average molecular weight is 394 g/mol. The second-order valence-corrected chi connectivity index (χ2v) is 8.35. The number of nitrogens with one attached hydrogen (secondary N) is 1. The maximum atomic E-state index is 12.7. The molecule has 2 heterocycles. The Balaban J connectivity index is 1.68. The molecule has 1 fully saturated rings. The molecule has 4 rings (SSSR count). The van der Waals surface area contributed by atoms with Crippen LogP contribution in [0.25, 0.3) is 0 Å². The van der Waals surface area contributed by atoms with Crippen LogP contribution in [0.1, 0.15) is 41.6 Å². The molecule has 7 nitrogen and oxygen atoms in total. The van der Waals surface area contributed by atoms with Gasteiger partial charge >= 0.3 is 0 Å². The smallest absolute Gasteiger partial charge is 0.286 e. The van der Waals surface area contributed by atoms with E-state index in [1.165, 1.54) is 6.07 Å². The molecule has 8 heteroatoms. The van der Waals surface area contributed by atoms with E-state index >= 15 is 0 Å². The summed E-state index contributed by atoms with van der Waals surface area (Å²) in [6, 6.07) is 13.2. The van der Waals surface area contributed by atoms with E-state index in [9.17, 15) is 13.2 Å². The van der Waals surface area contributed by atoms with Crippen molar-refractivity contribution in [2.24, 2.45) is 4.40 Å². The molecule has 0 atom stereocenters. The van der Waals surface area contributed by atoms with Gasteiger partial charge in [0.1, 0.15) is 10.7 Å². The van der Waals surface area contributed by atoms with Crippen molar-refractivity contribution in [2.75, 3.05) is 16.8 Å². The monoisotopic (exact) mass is 394 g/mol. The highest BCUT2D eigenvalue weighted by molar-refractivity contribution is 7.90. The van der Waals surface area contributed by atoms with Gasteiger partial charge in [0, 0.05) is 24.2 Å². The summed E-state index contributed by atoms with van der Waals surface area (Å²) in [7, 11) is -3.84. The molecule has 2 aromatic carbocycles. The van der Waals surface area contributed by atoms with Crippen molar-refractivity contribution in [2.45, 2.75) is 30.6 Å². The molecule has 1 saturated heterocycles. The molecule has 2 aromatic rings. The largest absolute Gasteiger partial charge is 0.328 e. The molecule has 0 saturated carbocycles. The number of sulfonamides is 1. The number of carbonyl (C=O) groups is 1. The van der Waals surface area contributed by atoms with Gasteiger partial charge in [-0.2, -0.15) is 13.7 Å². The summed E-state index contributed by atoms with van der Waals surface area (Å²) < 4.78 is 29.3. The standard InChI is InChI=1S/C20H18N4O3S/c21-13-14-5-4-6-16(11-14)22-20(25)15-8-9-17-18(12-15)28(26,27)23-19-7-2-1-3-10-24(17)19/h4-6,8-9,11-12H,1-3,7,10H2,(H,22,25). The highest BCUT2D eigenvalue weighted by Crippen LogP contribution is 2.35. The Bertz CT molecular complexity index is 1130. The quantitative estimate of drug-likeness (QED) is 0.842. The van der Waals surface area contributed by atoms with Crippen LogP contribution in [0.2, 0.25) is 0 Å². The molecule has 28 heavy (non-hydrogen) atoms. The fourth-order valence-corrected chi connectivity index (χ4v) is 4.77. The normalized spacial score (nSPS) is 17.4. The van der Waals surface area contributed by atoms with Crippen LogP contribution in [0, 0.1) is 11.3 Å². The molecule has 0 radical (unpaired) electrons. The minimum atomic E-state index is -3.84. The van der Waals surface area contributed by atoms with Crippen LogP contribution in [0.15, 0.2) is 51.8 Å².